The molecule has 0 aliphatic heterocycles. The quantitative estimate of drug-likeness (QED) is 0.780. The Labute approximate surface area is 95.7 Å². The van der Waals surface area contributed by atoms with Gasteiger partial charge in [-0.15, -0.1) is 5.10 Å². The second-order valence-corrected chi connectivity index (χ2v) is 3.58. The van der Waals surface area contributed by atoms with Crippen molar-refractivity contribution in [1.82, 2.24) is 9.78 Å². The maximum Gasteiger partial charge on any atom is 0.275 e. The van der Waals surface area contributed by atoms with Gasteiger partial charge >= 0.3 is 0 Å². The fourth-order valence-electron chi connectivity index (χ4n) is 1.25. The lowest BCUT2D eigenvalue weighted by atomic mass is 10.3. The molecule has 1 heterocycles. The van der Waals surface area contributed by atoms with Gasteiger partial charge in [-0.2, -0.15) is 4.68 Å². The van der Waals surface area contributed by atoms with Gasteiger partial charge in [-0.3, -0.25) is 4.79 Å². The first-order chi connectivity index (χ1) is 7.58. The number of nitrogens with zero attached hydrogens (tertiary/aromatic N) is 2. The number of nitrogens with two attached hydrogens (primary N) is 1. The van der Waals surface area contributed by atoms with Crippen molar-refractivity contribution in [2.75, 3.05) is 5.73 Å². The highest BCUT2D eigenvalue weighted by atomic mass is 35.5. The van der Waals surface area contributed by atoms with Gasteiger partial charge in [0.25, 0.3) is 5.56 Å². The van der Waals surface area contributed by atoms with Crippen molar-refractivity contribution in [3.63, 3.8) is 0 Å². The monoisotopic (exact) mass is 237 g/mol. The van der Waals surface area contributed by atoms with Crippen LogP contribution >= 0.6 is 11.6 Å². The third-order valence-corrected chi connectivity index (χ3v) is 2.23. The molecule has 0 bridgehead atoms. The summed E-state index contributed by atoms with van der Waals surface area (Å²) in [7, 11) is 0. The number of anilines is 1. The van der Waals surface area contributed by atoms with E-state index in [1.165, 1.54) is 0 Å². The Bertz CT molecular complexity index is 595. The Morgan fingerprint density at radius 2 is 2.12 bits per heavy atom. The van der Waals surface area contributed by atoms with Crippen LogP contribution in [0.5, 0.6) is 5.75 Å². The summed E-state index contributed by atoms with van der Waals surface area (Å²) in [5.74, 6) is -0.442. The number of hydrogen-bond acceptors (Lipinski definition) is 4. The average molecular weight is 238 g/mol. The molecule has 3 N–H and O–H groups in total. The average Bonchev–Trinajstić information content (AvgIpc) is 2.23. The van der Waals surface area contributed by atoms with Crippen LogP contribution in [0.15, 0.2) is 35.1 Å². The van der Waals surface area contributed by atoms with E-state index in [2.05, 4.69) is 5.10 Å². The van der Waals surface area contributed by atoms with Gasteiger partial charge in [-0.1, -0.05) is 17.7 Å². The number of aromatic nitrogens is 2. The highest BCUT2D eigenvalue weighted by Gasteiger charge is 2.06. The summed E-state index contributed by atoms with van der Waals surface area (Å²) < 4.78 is 1.07. The number of rotatable bonds is 1. The summed E-state index contributed by atoms with van der Waals surface area (Å²) in [6.45, 7) is 0. The third kappa shape index (κ3) is 1.85. The third-order valence-electron chi connectivity index (χ3n) is 1.99. The molecule has 6 heteroatoms. The molecule has 0 amide bonds. The molecule has 0 spiro atoms. The second-order valence-electron chi connectivity index (χ2n) is 3.14. The zero-order chi connectivity index (χ0) is 11.7. The van der Waals surface area contributed by atoms with E-state index < -0.39 is 5.56 Å². The van der Waals surface area contributed by atoms with Gasteiger partial charge in [0.1, 0.15) is 0 Å². The summed E-state index contributed by atoms with van der Waals surface area (Å²) >= 11 is 5.79. The molecule has 0 radical (unpaired) electrons. The molecule has 0 atom stereocenters. The molecule has 0 aliphatic rings. The van der Waals surface area contributed by atoms with Gasteiger partial charge in [-0.05, 0) is 18.2 Å². The van der Waals surface area contributed by atoms with Crippen LogP contribution in [0, 0.1) is 0 Å². The van der Waals surface area contributed by atoms with E-state index in [1.54, 1.807) is 24.3 Å². The molecule has 0 aliphatic carbocycles. The van der Waals surface area contributed by atoms with Gasteiger partial charge in [0.2, 0.25) is 0 Å². The van der Waals surface area contributed by atoms with E-state index in [1.807, 2.05) is 0 Å². The van der Waals surface area contributed by atoms with Gasteiger partial charge in [0, 0.05) is 5.02 Å². The molecule has 2 aromatic rings. The first-order valence-electron chi connectivity index (χ1n) is 4.42. The Balaban J connectivity index is 2.65. The Morgan fingerprint density at radius 3 is 2.81 bits per heavy atom. The van der Waals surface area contributed by atoms with E-state index in [9.17, 15) is 9.90 Å². The number of hydrogen-bond donors (Lipinski definition) is 2. The van der Waals surface area contributed by atoms with Gasteiger partial charge in [-0.25, -0.2) is 0 Å². The maximum atomic E-state index is 11.5. The summed E-state index contributed by atoms with van der Waals surface area (Å²) in [6.07, 6.45) is 0. The van der Waals surface area contributed by atoms with Crippen molar-refractivity contribution in [2.24, 2.45) is 0 Å². The lowest BCUT2D eigenvalue weighted by Gasteiger charge is -2.05. The molecule has 0 saturated carbocycles. The summed E-state index contributed by atoms with van der Waals surface area (Å²) in [6, 6.07) is 7.61. The van der Waals surface area contributed by atoms with Crippen molar-refractivity contribution in [1.29, 1.82) is 0 Å². The smallest absolute Gasteiger partial charge is 0.275 e. The summed E-state index contributed by atoms with van der Waals surface area (Å²) in [5, 5.41) is 13.4. The Morgan fingerprint density at radius 1 is 1.38 bits per heavy atom. The van der Waals surface area contributed by atoms with E-state index in [0.717, 1.165) is 10.7 Å². The highest BCUT2D eigenvalue weighted by Crippen LogP contribution is 2.16. The zero-order valence-electron chi connectivity index (χ0n) is 8.09. The van der Waals surface area contributed by atoms with Crippen LogP contribution in [0.1, 0.15) is 0 Å². The molecule has 2 rings (SSSR count). The first-order valence-corrected chi connectivity index (χ1v) is 4.80. The summed E-state index contributed by atoms with van der Waals surface area (Å²) in [4.78, 5) is 11.5. The van der Waals surface area contributed by atoms with Crippen LogP contribution in [0.25, 0.3) is 5.69 Å². The van der Waals surface area contributed by atoms with Crippen molar-refractivity contribution in [2.45, 2.75) is 0 Å². The molecule has 1 aromatic heterocycles. The van der Waals surface area contributed by atoms with Crippen molar-refractivity contribution < 1.29 is 5.11 Å². The highest BCUT2D eigenvalue weighted by molar-refractivity contribution is 6.30. The number of nitrogen functional groups attached to an aromatic ring is 1. The minimum atomic E-state index is -0.478. The van der Waals surface area contributed by atoms with E-state index >= 15 is 0 Å². The zero-order valence-corrected chi connectivity index (χ0v) is 8.85. The fourth-order valence-corrected chi connectivity index (χ4v) is 1.44. The predicted octanol–water partition coefficient (Wildman–Crippen LogP) is 1.17. The minimum absolute atomic E-state index is 0.112. The first kappa shape index (κ1) is 10.5. The predicted molar refractivity (Wildman–Crippen MR) is 60.9 cm³/mol. The lowest BCUT2D eigenvalue weighted by Crippen LogP contribution is -2.21. The van der Waals surface area contributed by atoms with Gasteiger partial charge < -0.3 is 10.8 Å². The molecule has 0 saturated heterocycles. The molecule has 1 aromatic carbocycles. The lowest BCUT2D eigenvalue weighted by molar-refractivity contribution is 0.471. The maximum absolute atomic E-state index is 11.5. The standard InChI is InChI=1S/C10H8ClN3O2/c11-6-2-1-3-7(4-6)14-9(16)5-8(15)10(12)13-14/h1-5,15H,(H2,12,13). The Hall–Kier alpha value is -2.01. The molecule has 0 unspecified atom stereocenters. The molecule has 82 valence electrons. The van der Waals surface area contributed by atoms with Crippen LogP contribution in [0.4, 0.5) is 5.82 Å². The van der Waals surface area contributed by atoms with Crippen LogP contribution < -0.4 is 11.3 Å². The van der Waals surface area contributed by atoms with Crippen LogP contribution in [0.2, 0.25) is 5.02 Å². The number of benzene rings is 1. The topological polar surface area (TPSA) is 81.1 Å². The molecular formula is C10H8ClN3O2. The molecular weight excluding hydrogens is 230 g/mol. The summed E-state index contributed by atoms with van der Waals surface area (Å²) in [5.41, 5.74) is 5.42. The second kappa shape index (κ2) is 3.86. The SMILES string of the molecule is Nc1nn(-c2cccc(Cl)c2)c(=O)cc1O. The van der Waals surface area contributed by atoms with E-state index in [0.29, 0.717) is 10.7 Å². The normalized spacial score (nSPS) is 10.3. The van der Waals surface area contributed by atoms with Gasteiger partial charge in [0.15, 0.2) is 11.6 Å². The number of aromatic hydroxyl groups is 1. The number of halogens is 1. The molecule has 5 nitrogen and oxygen atoms in total. The van der Waals surface area contributed by atoms with Crippen LogP contribution in [0.3, 0.4) is 0 Å². The van der Waals surface area contributed by atoms with Crippen molar-refractivity contribution in [3.05, 3.63) is 45.7 Å². The molecule has 0 fully saturated rings. The van der Waals surface area contributed by atoms with Crippen molar-refractivity contribution in [3.8, 4) is 11.4 Å². The van der Waals surface area contributed by atoms with E-state index in [-0.39, 0.29) is 11.6 Å². The minimum Gasteiger partial charge on any atom is -0.504 e. The van der Waals surface area contributed by atoms with Gasteiger partial charge in [0.05, 0.1) is 11.8 Å². The van der Waals surface area contributed by atoms with Crippen LogP contribution in [-0.4, -0.2) is 14.9 Å². The van der Waals surface area contributed by atoms with E-state index in [4.69, 9.17) is 17.3 Å². The largest absolute Gasteiger partial charge is 0.504 e. The Kier molecular flexibility index (Phi) is 2.54. The fraction of sp³-hybridized carbons (Fsp3) is 0. The molecule has 16 heavy (non-hydrogen) atoms. The van der Waals surface area contributed by atoms with Crippen LogP contribution in [-0.2, 0) is 0 Å². The van der Waals surface area contributed by atoms with Crippen molar-refractivity contribution >= 4 is 17.4 Å².